The van der Waals surface area contributed by atoms with Crippen LogP contribution in [0.2, 0.25) is 0 Å². The van der Waals surface area contributed by atoms with Gasteiger partial charge in [0.25, 0.3) is 0 Å². The van der Waals surface area contributed by atoms with Crippen LogP contribution in [-0.4, -0.2) is 32.4 Å². The number of rotatable bonds is 8. The lowest BCUT2D eigenvalue weighted by atomic mass is 10.1. The molecule has 1 amide bonds. The van der Waals surface area contributed by atoms with Crippen molar-refractivity contribution in [2.75, 3.05) is 12.3 Å². The summed E-state index contributed by atoms with van der Waals surface area (Å²) in [5.41, 5.74) is 5.82. The maximum absolute atomic E-state index is 13.5. The van der Waals surface area contributed by atoms with Crippen molar-refractivity contribution in [3.8, 4) is 11.6 Å². The minimum absolute atomic E-state index is 0.00973. The number of anilines is 1. The summed E-state index contributed by atoms with van der Waals surface area (Å²) in [6.07, 6.45) is -0.972. The number of nitrogens with zero attached hydrogens (tertiary/aromatic N) is 4. The van der Waals surface area contributed by atoms with Gasteiger partial charge in [0, 0.05) is 30.4 Å². The predicted octanol–water partition coefficient (Wildman–Crippen LogP) is 4.55. The number of aromatic nitrogens is 4. The van der Waals surface area contributed by atoms with Gasteiger partial charge < -0.3 is 20.5 Å². The molecule has 9 nitrogen and oxygen atoms in total. The molecule has 1 aromatic carbocycles. The molecule has 4 aromatic rings. The van der Waals surface area contributed by atoms with Crippen molar-refractivity contribution < 1.29 is 27.4 Å². The highest BCUT2D eigenvalue weighted by Crippen LogP contribution is 2.35. The number of alkyl halides is 3. The lowest BCUT2D eigenvalue weighted by Crippen LogP contribution is -2.27. The van der Waals surface area contributed by atoms with E-state index in [0.717, 1.165) is 28.1 Å². The number of benzene rings is 1. The van der Waals surface area contributed by atoms with E-state index in [1.54, 1.807) is 42.6 Å². The van der Waals surface area contributed by atoms with E-state index in [0.29, 0.717) is 29.4 Å². The number of amides is 1. The summed E-state index contributed by atoms with van der Waals surface area (Å²) in [6.45, 7) is 2.49. The van der Waals surface area contributed by atoms with Crippen molar-refractivity contribution in [2.24, 2.45) is 0 Å². The van der Waals surface area contributed by atoms with Crippen LogP contribution in [0.5, 0.6) is 11.6 Å². The first-order valence-electron chi connectivity index (χ1n) is 11.0. The Morgan fingerprint density at radius 1 is 1.14 bits per heavy atom. The Balaban J connectivity index is 1.43. The third-order valence-electron chi connectivity index (χ3n) is 5.09. The summed E-state index contributed by atoms with van der Waals surface area (Å²) in [7, 11) is 0. The molecule has 12 heteroatoms. The number of carbonyl (C=O) groups is 1. The molecule has 3 heterocycles. The fourth-order valence-electron chi connectivity index (χ4n) is 3.41. The third kappa shape index (κ3) is 6.01. The summed E-state index contributed by atoms with van der Waals surface area (Å²) in [5, 5.41) is 7.59. The maximum Gasteiger partial charge on any atom is 0.438 e. The number of halogens is 3. The van der Waals surface area contributed by atoms with Gasteiger partial charge in [-0.3, -0.25) is 4.68 Å². The molecule has 4 rings (SSSR count). The zero-order valence-electron chi connectivity index (χ0n) is 19.2. The van der Waals surface area contributed by atoms with Crippen molar-refractivity contribution in [1.29, 1.82) is 0 Å². The molecule has 0 aliphatic carbocycles. The molecular formula is C24H23F3N6O3. The van der Waals surface area contributed by atoms with Crippen molar-refractivity contribution in [3.63, 3.8) is 0 Å². The van der Waals surface area contributed by atoms with Crippen LogP contribution in [0.15, 0.2) is 55.0 Å². The Morgan fingerprint density at radius 2 is 1.94 bits per heavy atom. The first-order chi connectivity index (χ1) is 17.2. The second-order valence-corrected chi connectivity index (χ2v) is 7.89. The van der Waals surface area contributed by atoms with Crippen LogP contribution in [0.3, 0.4) is 0 Å². The van der Waals surface area contributed by atoms with E-state index < -0.39 is 23.7 Å². The first kappa shape index (κ1) is 24.8. The molecule has 3 N–H and O–H groups in total. The van der Waals surface area contributed by atoms with E-state index in [1.807, 2.05) is 6.92 Å². The van der Waals surface area contributed by atoms with Crippen molar-refractivity contribution in [1.82, 2.24) is 25.1 Å². The van der Waals surface area contributed by atoms with E-state index in [2.05, 4.69) is 20.4 Å². The monoisotopic (exact) mass is 500 g/mol. The smallest absolute Gasteiger partial charge is 0.438 e. The van der Waals surface area contributed by atoms with Gasteiger partial charge in [0.1, 0.15) is 5.82 Å². The fraction of sp³-hybridized carbons (Fsp3) is 0.250. The molecule has 0 bridgehead atoms. The number of fused-ring (bicyclic) bond motifs is 1. The zero-order valence-corrected chi connectivity index (χ0v) is 19.2. The number of ether oxygens (including phenoxy) is 2. The summed E-state index contributed by atoms with van der Waals surface area (Å²) in [5.74, 6) is 0.0946. The number of pyridine rings is 2. The summed E-state index contributed by atoms with van der Waals surface area (Å²) in [4.78, 5) is 20.4. The molecule has 0 atom stereocenters. The molecule has 0 radical (unpaired) electrons. The molecule has 0 unspecified atom stereocenters. The summed E-state index contributed by atoms with van der Waals surface area (Å²) in [6, 6.07) is 10.3. The molecule has 188 valence electrons. The molecule has 0 saturated heterocycles. The molecule has 0 fully saturated rings. The largest absolute Gasteiger partial charge is 0.478 e. The van der Waals surface area contributed by atoms with E-state index >= 15 is 0 Å². The lowest BCUT2D eigenvalue weighted by molar-refractivity contribution is -0.142. The van der Waals surface area contributed by atoms with Crippen molar-refractivity contribution >= 4 is 22.7 Å². The maximum atomic E-state index is 13.5. The normalized spacial score (nSPS) is 11.4. The average molecular weight is 500 g/mol. The Labute approximate surface area is 204 Å². The number of nitrogens with one attached hydrogen (secondary N) is 1. The number of nitrogen functional groups attached to an aromatic ring is 1. The second-order valence-electron chi connectivity index (χ2n) is 7.89. The van der Waals surface area contributed by atoms with Crippen LogP contribution < -0.4 is 20.5 Å². The first-order valence-corrected chi connectivity index (χ1v) is 11.0. The third-order valence-corrected chi connectivity index (χ3v) is 5.09. The van der Waals surface area contributed by atoms with Gasteiger partial charge in [0.05, 0.1) is 19.3 Å². The second kappa shape index (κ2) is 10.5. The van der Waals surface area contributed by atoms with E-state index in [4.69, 9.17) is 15.2 Å². The van der Waals surface area contributed by atoms with Gasteiger partial charge in [-0.25, -0.2) is 14.8 Å². The SMILES string of the molecule is CCCOc1ccc(Cn2cc(OC(=O)NCc3ccc4c(N)nccc4c3)c(C(F)(F)F)n2)cn1. The number of nitrogens with two attached hydrogens (primary N) is 1. The molecule has 0 saturated carbocycles. The molecule has 36 heavy (non-hydrogen) atoms. The highest BCUT2D eigenvalue weighted by atomic mass is 19.4. The number of carbonyl (C=O) groups excluding carboxylic acids is 1. The van der Waals surface area contributed by atoms with Crippen LogP contribution in [0.4, 0.5) is 23.8 Å². The topological polar surface area (TPSA) is 117 Å². The standard InChI is InChI=1S/C24H23F3N6O3/c1-2-9-35-20-6-4-16(12-30-20)13-33-14-19(21(32-33)24(25,26)27)36-23(34)31-11-15-3-5-18-17(10-15)7-8-29-22(18)28/h3-8,10,12,14H,2,9,11,13H2,1H3,(H2,28,29)(H,31,34). The highest BCUT2D eigenvalue weighted by molar-refractivity contribution is 5.91. The summed E-state index contributed by atoms with van der Waals surface area (Å²) < 4.78 is 52.0. The number of hydrogen-bond donors (Lipinski definition) is 2. The molecule has 0 aliphatic heterocycles. The van der Waals surface area contributed by atoms with Crippen LogP contribution in [-0.2, 0) is 19.3 Å². The van der Waals surface area contributed by atoms with Crippen LogP contribution in [0, 0.1) is 0 Å². The van der Waals surface area contributed by atoms with Gasteiger partial charge in [-0.05, 0) is 35.1 Å². The van der Waals surface area contributed by atoms with Gasteiger partial charge in [-0.2, -0.15) is 18.3 Å². The van der Waals surface area contributed by atoms with Gasteiger partial charge in [0.15, 0.2) is 5.75 Å². The van der Waals surface area contributed by atoms with E-state index in [-0.39, 0.29) is 13.1 Å². The average Bonchev–Trinajstić information content (AvgIpc) is 3.25. The molecule has 3 aromatic heterocycles. The number of hydrogen-bond acceptors (Lipinski definition) is 7. The Bertz CT molecular complexity index is 1360. The Hall–Kier alpha value is -4.35. The Kier molecular flexibility index (Phi) is 7.23. The molecule has 0 aliphatic rings. The van der Waals surface area contributed by atoms with Crippen LogP contribution in [0.1, 0.15) is 30.2 Å². The van der Waals surface area contributed by atoms with Crippen molar-refractivity contribution in [3.05, 3.63) is 71.8 Å². The molecular weight excluding hydrogens is 477 g/mol. The highest BCUT2D eigenvalue weighted by Gasteiger charge is 2.39. The van der Waals surface area contributed by atoms with Gasteiger partial charge in [0.2, 0.25) is 11.6 Å². The van der Waals surface area contributed by atoms with Gasteiger partial charge in [-0.15, -0.1) is 0 Å². The summed E-state index contributed by atoms with van der Waals surface area (Å²) >= 11 is 0. The van der Waals surface area contributed by atoms with Crippen LogP contribution in [0.25, 0.3) is 10.8 Å². The quantitative estimate of drug-likeness (QED) is 0.364. The Morgan fingerprint density at radius 3 is 2.67 bits per heavy atom. The van der Waals surface area contributed by atoms with Gasteiger partial charge in [-0.1, -0.05) is 25.1 Å². The zero-order chi connectivity index (χ0) is 25.7. The fourth-order valence-corrected chi connectivity index (χ4v) is 3.41. The van der Waals surface area contributed by atoms with E-state index in [1.165, 1.54) is 6.20 Å². The molecule has 0 spiro atoms. The van der Waals surface area contributed by atoms with Crippen LogP contribution >= 0.6 is 0 Å². The van der Waals surface area contributed by atoms with Gasteiger partial charge >= 0.3 is 12.3 Å². The minimum atomic E-state index is -4.82. The lowest BCUT2D eigenvalue weighted by Gasteiger charge is -2.09. The predicted molar refractivity (Wildman–Crippen MR) is 125 cm³/mol. The minimum Gasteiger partial charge on any atom is -0.478 e. The van der Waals surface area contributed by atoms with E-state index in [9.17, 15) is 18.0 Å². The van der Waals surface area contributed by atoms with Crippen molar-refractivity contribution in [2.45, 2.75) is 32.6 Å².